The standard InChI is InChI=1S/C29H35NO3S/c31-29(26(21-24-13-5-1-6-14-24)22-25-15-7-2-8-16-25)23-30(27-17-9-3-10-18-27)34(32,33)28-19-11-4-12-20-28/h1-2,4-8,11-16,19-20,26-27,29,31H,3,9-10,17-18,21-23H2/t29-/m0/s1. The second-order valence-electron chi connectivity index (χ2n) is 9.39. The Hall–Kier alpha value is -2.47. The van der Waals surface area contributed by atoms with E-state index in [9.17, 15) is 13.5 Å². The third kappa shape index (κ3) is 6.35. The van der Waals surface area contributed by atoms with Gasteiger partial charge in [0.1, 0.15) is 0 Å². The number of sulfonamides is 1. The first-order chi connectivity index (χ1) is 16.5. The lowest BCUT2D eigenvalue weighted by molar-refractivity contribution is 0.0720. The summed E-state index contributed by atoms with van der Waals surface area (Å²) in [4.78, 5) is 0.301. The van der Waals surface area contributed by atoms with E-state index in [0.717, 1.165) is 43.2 Å². The van der Waals surface area contributed by atoms with E-state index in [-0.39, 0.29) is 18.5 Å². The van der Waals surface area contributed by atoms with E-state index in [2.05, 4.69) is 24.3 Å². The summed E-state index contributed by atoms with van der Waals surface area (Å²) in [5.41, 5.74) is 2.30. The van der Waals surface area contributed by atoms with E-state index in [0.29, 0.717) is 17.7 Å². The normalized spacial score (nSPS) is 16.1. The lowest BCUT2D eigenvalue weighted by Gasteiger charge is -2.36. The Labute approximate surface area is 204 Å². The number of nitrogens with zero attached hydrogens (tertiary/aromatic N) is 1. The zero-order valence-corrected chi connectivity index (χ0v) is 20.5. The average Bonchev–Trinajstić information content (AvgIpc) is 2.89. The molecule has 0 unspecified atom stereocenters. The first kappa shape index (κ1) is 24.6. The highest BCUT2D eigenvalue weighted by atomic mass is 32.2. The first-order valence-electron chi connectivity index (χ1n) is 12.4. The quantitative estimate of drug-likeness (QED) is 0.421. The van der Waals surface area contributed by atoms with E-state index < -0.39 is 16.1 Å². The second kappa shape index (κ2) is 11.8. The second-order valence-corrected chi connectivity index (χ2v) is 11.3. The van der Waals surface area contributed by atoms with Crippen molar-refractivity contribution >= 4 is 10.0 Å². The zero-order valence-electron chi connectivity index (χ0n) is 19.7. The maximum atomic E-state index is 13.7. The molecule has 5 heteroatoms. The minimum absolute atomic E-state index is 0.0669. The molecule has 180 valence electrons. The van der Waals surface area contributed by atoms with Crippen molar-refractivity contribution < 1.29 is 13.5 Å². The van der Waals surface area contributed by atoms with Gasteiger partial charge in [-0.15, -0.1) is 0 Å². The van der Waals surface area contributed by atoms with Crippen molar-refractivity contribution in [2.75, 3.05) is 6.54 Å². The molecule has 1 fully saturated rings. The van der Waals surface area contributed by atoms with Gasteiger partial charge in [-0.25, -0.2) is 8.42 Å². The number of aliphatic hydroxyl groups excluding tert-OH is 1. The molecule has 1 saturated carbocycles. The lowest BCUT2D eigenvalue weighted by atomic mass is 9.87. The van der Waals surface area contributed by atoms with Crippen molar-refractivity contribution in [3.63, 3.8) is 0 Å². The van der Waals surface area contributed by atoms with Gasteiger partial charge >= 0.3 is 0 Å². The summed E-state index contributed by atoms with van der Waals surface area (Å²) in [5, 5.41) is 11.5. The van der Waals surface area contributed by atoms with Crippen molar-refractivity contribution in [2.24, 2.45) is 5.92 Å². The maximum absolute atomic E-state index is 13.7. The summed E-state index contributed by atoms with van der Waals surface area (Å²) in [7, 11) is -3.70. The van der Waals surface area contributed by atoms with Crippen molar-refractivity contribution in [1.29, 1.82) is 0 Å². The van der Waals surface area contributed by atoms with Crippen LogP contribution in [-0.4, -0.2) is 36.5 Å². The largest absolute Gasteiger partial charge is 0.391 e. The first-order valence-corrected chi connectivity index (χ1v) is 13.8. The third-order valence-electron chi connectivity index (χ3n) is 6.92. The monoisotopic (exact) mass is 477 g/mol. The SMILES string of the molecule is O=S(=O)(c1ccccc1)N(C[C@H](O)C(Cc1ccccc1)Cc1ccccc1)C1CCCCC1. The molecule has 0 bridgehead atoms. The predicted molar refractivity (Wildman–Crippen MR) is 137 cm³/mol. The molecule has 4 nitrogen and oxygen atoms in total. The van der Waals surface area contributed by atoms with Gasteiger partial charge in [0.2, 0.25) is 10.0 Å². The third-order valence-corrected chi connectivity index (χ3v) is 8.86. The fourth-order valence-electron chi connectivity index (χ4n) is 5.05. The van der Waals surface area contributed by atoms with Crippen molar-refractivity contribution in [3.8, 4) is 0 Å². The Morgan fingerprint density at radius 3 is 1.71 bits per heavy atom. The smallest absolute Gasteiger partial charge is 0.243 e. The summed E-state index contributed by atoms with van der Waals surface area (Å²) in [6.45, 7) is 0.117. The van der Waals surface area contributed by atoms with Crippen LogP contribution >= 0.6 is 0 Å². The topological polar surface area (TPSA) is 57.6 Å². The van der Waals surface area contributed by atoms with Crippen LogP contribution in [-0.2, 0) is 22.9 Å². The minimum atomic E-state index is -3.70. The summed E-state index contributed by atoms with van der Waals surface area (Å²) >= 11 is 0. The molecule has 0 spiro atoms. The van der Waals surface area contributed by atoms with Crippen molar-refractivity contribution in [1.82, 2.24) is 4.31 Å². The Kier molecular flexibility index (Phi) is 8.54. The molecule has 0 heterocycles. The molecule has 1 aliphatic rings. The van der Waals surface area contributed by atoms with Crippen LogP contribution in [0, 0.1) is 5.92 Å². The molecule has 1 N–H and O–H groups in total. The van der Waals surface area contributed by atoms with Gasteiger partial charge in [0.15, 0.2) is 0 Å². The summed E-state index contributed by atoms with van der Waals surface area (Å²) in [6.07, 6.45) is 5.50. The van der Waals surface area contributed by atoms with Crippen LogP contribution in [0.2, 0.25) is 0 Å². The van der Waals surface area contributed by atoms with Crippen molar-refractivity contribution in [2.45, 2.75) is 62.0 Å². The van der Waals surface area contributed by atoms with E-state index in [1.165, 1.54) is 0 Å². The van der Waals surface area contributed by atoms with Gasteiger partial charge in [-0.3, -0.25) is 0 Å². The molecule has 1 atom stereocenters. The van der Waals surface area contributed by atoms with E-state index in [4.69, 9.17) is 0 Å². The highest BCUT2D eigenvalue weighted by molar-refractivity contribution is 7.89. The number of aliphatic hydroxyl groups is 1. The number of benzene rings is 3. The summed E-state index contributed by atoms with van der Waals surface area (Å²) < 4.78 is 29.0. The number of hydrogen-bond donors (Lipinski definition) is 1. The van der Waals surface area contributed by atoms with Crippen LogP contribution in [0.15, 0.2) is 95.9 Å². The average molecular weight is 478 g/mol. The Morgan fingerprint density at radius 1 is 0.735 bits per heavy atom. The van der Waals surface area contributed by atoms with Crippen LogP contribution < -0.4 is 0 Å². The highest BCUT2D eigenvalue weighted by Crippen LogP contribution is 2.30. The van der Waals surface area contributed by atoms with Gasteiger partial charge in [0.25, 0.3) is 0 Å². The van der Waals surface area contributed by atoms with Crippen molar-refractivity contribution in [3.05, 3.63) is 102 Å². The molecule has 0 amide bonds. The molecule has 4 rings (SSSR count). The van der Waals surface area contributed by atoms with Crippen LogP contribution in [0.3, 0.4) is 0 Å². The Balaban J connectivity index is 1.61. The van der Waals surface area contributed by atoms with Gasteiger partial charge in [0, 0.05) is 12.6 Å². The number of hydrogen-bond acceptors (Lipinski definition) is 3. The van der Waals surface area contributed by atoms with Gasteiger partial charge in [-0.1, -0.05) is 98.1 Å². The minimum Gasteiger partial charge on any atom is -0.391 e. The zero-order chi connectivity index (χ0) is 23.8. The van der Waals surface area contributed by atoms with Crippen LogP contribution in [0.25, 0.3) is 0 Å². The molecule has 3 aromatic carbocycles. The lowest BCUT2D eigenvalue weighted by Crippen LogP contribution is -2.47. The van der Waals surface area contributed by atoms with E-state index in [1.807, 2.05) is 42.5 Å². The molecular formula is C29H35NO3S. The van der Waals surface area contributed by atoms with E-state index >= 15 is 0 Å². The number of rotatable bonds is 10. The molecule has 0 aliphatic heterocycles. The molecule has 1 aliphatic carbocycles. The van der Waals surface area contributed by atoms with Crippen LogP contribution in [0.5, 0.6) is 0 Å². The Bertz CT molecular complexity index is 1060. The summed E-state index contributed by atoms with van der Waals surface area (Å²) in [5.74, 6) is -0.0955. The molecule has 0 saturated heterocycles. The Morgan fingerprint density at radius 2 is 1.21 bits per heavy atom. The molecule has 34 heavy (non-hydrogen) atoms. The highest BCUT2D eigenvalue weighted by Gasteiger charge is 2.35. The molecule has 0 radical (unpaired) electrons. The predicted octanol–water partition coefficient (Wildman–Crippen LogP) is 5.47. The van der Waals surface area contributed by atoms with Gasteiger partial charge in [-0.2, -0.15) is 4.31 Å². The van der Waals surface area contributed by atoms with Crippen LogP contribution in [0.4, 0.5) is 0 Å². The summed E-state index contributed by atoms with van der Waals surface area (Å²) in [6, 6.07) is 28.9. The molecular weight excluding hydrogens is 442 g/mol. The fraction of sp³-hybridized carbons (Fsp3) is 0.379. The van der Waals surface area contributed by atoms with Crippen LogP contribution in [0.1, 0.15) is 43.2 Å². The van der Waals surface area contributed by atoms with Gasteiger partial charge in [-0.05, 0) is 54.9 Å². The molecule has 3 aromatic rings. The van der Waals surface area contributed by atoms with Gasteiger partial charge < -0.3 is 5.11 Å². The van der Waals surface area contributed by atoms with Gasteiger partial charge in [0.05, 0.1) is 11.0 Å². The van der Waals surface area contributed by atoms with E-state index in [1.54, 1.807) is 28.6 Å². The molecule has 0 aromatic heterocycles. The fourth-order valence-corrected chi connectivity index (χ4v) is 6.78. The maximum Gasteiger partial charge on any atom is 0.243 e.